The second-order valence-electron chi connectivity index (χ2n) is 7.59. The second kappa shape index (κ2) is 7.39. The summed E-state index contributed by atoms with van der Waals surface area (Å²) >= 11 is 6.00. The third-order valence-electron chi connectivity index (χ3n) is 5.76. The number of ether oxygens (including phenoxy) is 1. The quantitative estimate of drug-likeness (QED) is 0.566. The van der Waals surface area contributed by atoms with E-state index < -0.39 is 6.09 Å². The zero-order valence-corrected chi connectivity index (χ0v) is 16.0. The van der Waals surface area contributed by atoms with Crippen LogP contribution in [0.15, 0.2) is 36.7 Å². The van der Waals surface area contributed by atoms with E-state index in [0.29, 0.717) is 12.1 Å². The normalized spacial score (nSPS) is 25.3. The minimum atomic E-state index is -0.403. The first kappa shape index (κ1) is 18.7. The Kier molecular flexibility index (Phi) is 4.93. The summed E-state index contributed by atoms with van der Waals surface area (Å²) in [5.74, 6) is 0.444. The van der Waals surface area contributed by atoms with Gasteiger partial charge < -0.3 is 15.4 Å². The van der Waals surface area contributed by atoms with Gasteiger partial charge in [-0.2, -0.15) is 0 Å². The molecule has 1 aromatic heterocycles. The maximum atomic E-state index is 12.3. The molecule has 28 heavy (non-hydrogen) atoms. The average molecular weight is 401 g/mol. The van der Waals surface area contributed by atoms with Gasteiger partial charge in [0.25, 0.3) is 0 Å². The third-order valence-corrected chi connectivity index (χ3v) is 6.06. The summed E-state index contributed by atoms with van der Waals surface area (Å²) in [4.78, 5) is 31.7. The molecule has 2 saturated carbocycles. The first-order chi connectivity index (χ1) is 13.5. The molecule has 0 aliphatic heterocycles. The lowest BCUT2D eigenvalue weighted by atomic mass is 9.91. The summed E-state index contributed by atoms with van der Waals surface area (Å²) in [6.45, 7) is 0.244. The molecule has 1 amide bonds. The minimum absolute atomic E-state index is 0.133. The molecule has 146 valence electrons. The molecule has 0 radical (unpaired) electrons. The first-order valence-electron chi connectivity index (χ1n) is 9.26. The van der Waals surface area contributed by atoms with Gasteiger partial charge in [-0.05, 0) is 37.7 Å². The Morgan fingerprint density at radius 3 is 2.57 bits per heavy atom. The van der Waals surface area contributed by atoms with Gasteiger partial charge >= 0.3 is 6.09 Å². The van der Waals surface area contributed by atoms with Crippen molar-refractivity contribution in [3.05, 3.63) is 52.9 Å². The second-order valence-corrected chi connectivity index (χ2v) is 7.95. The summed E-state index contributed by atoms with van der Waals surface area (Å²) in [5, 5.41) is 6.61. The van der Waals surface area contributed by atoms with Crippen LogP contribution in [0.3, 0.4) is 0 Å². The average Bonchev–Trinajstić information content (AvgIpc) is 3.22. The van der Waals surface area contributed by atoms with Gasteiger partial charge in [-0.3, -0.25) is 4.79 Å². The number of nitrogens with one attached hydrogen (secondary N) is 2. The summed E-state index contributed by atoms with van der Waals surface area (Å²) in [5.41, 5.74) is 0.699. The van der Waals surface area contributed by atoms with E-state index in [1.165, 1.54) is 6.33 Å². The summed E-state index contributed by atoms with van der Waals surface area (Å²) in [6.07, 6.45) is 5.77. The number of carbonyl (C=O) groups is 2. The van der Waals surface area contributed by atoms with Gasteiger partial charge in [0.2, 0.25) is 0 Å². The fourth-order valence-electron chi connectivity index (χ4n) is 4.35. The van der Waals surface area contributed by atoms with E-state index in [2.05, 4.69) is 20.6 Å². The van der Waals surface area contributed by atoms with Gasteiger partial charge in [0, 0.05) is 11.1 Å². The molecule has 7 nitrogen and oxygen atoms in total. The van der Waals surface area contributed by atoms with Crippen LogP contribution in [0.5, 0.6) is 0 Å². The molecule has 0 unspecified atom stereocenters. The standard InChI is InChI=1S/C20H21ClN4O3/c21-16-15(10-26)17(23-13-22-16)24-19-6-8-20(12-19,9-7-19)25-18(27)28-11-14-4-2-1-3-5-14/h1-5,10,13H,6-9,11-12H2,(H,25,27)(H,22,23,24). The Hall–Kier alpha value is -2.67. The zero-order valence-electron chi connectivity index (χ0n) is 15.3. The monoisotopic (exact) mass is 400 g/mol. The van der Waals surface area contributed by atoms with E-state index in [4.69, 9.17) is 16.3 Å². The van der Waals surface area contributed by atoms with Crippen molar-refractivity contribution in [2.45, 2.75) is 49.8 Å². The molecule has 2 fully saturated rings. The lowest BCUT2D eigenvalue weighted by Gasteiger charge is -2.29. The van der Waals surface area contributed by atoms with Crippen LogP contribution >= 0.6 is 11.6 Å². The van der Waals surface area contributed by atoms with Crippen LogP contribution in [0.1, 0.15) is 48.0 Å². The maximum absolute atomic E-state index is 12.3. The van der Waals surface area contributed by atoms with E-state index in [1.807, 2.05) is 30.3 Å². The van der Waals surface area contributed by atoms with E-state index in [9.17, 15) is 9.59 Å². The Morgan fingerprint density at radius 1 is 1.14 bits per heavy atom. The molecule has 0 spiro atoms. The predicted octanol–water partition coefficient (Wildman–Crippen LogP) is 3.74. The van der Waals surface area contributed by atoms with Crippen molar-refractivity contribution in [1.82, 2.24) is 15.3 Å². The molecule has 1 heterocycles. The van der Waals surface area contributed by atoms with Gasteiger partial charge in [0.1, 0.15) is 23.9 Å². The van der Waals surface area contributed by atoms with Crippen molar-refractivity contribution >= 4 is 29.8 Å². The van der Waals surface area contributed by atoms with Crippen LogP contribution in [0.25, 0.3) is 0 Å². The summed E-state index contributed by atoms with van der Waals surface area (Å²) in [7, 11) is 0. The summed E-state index contributed by atoms with van der Waals surface area (Å²) < 4.78 is 5.38. The highest BCUT2D eigenvalue weighted by Gasteiger charge is 2.55. The smallest absolute Gasteiger partial charge is 0.407 e. The van der Waals surface area contributed by atoms with Gasteiger partial charge in [0.05, 0.1) is 5.56 Å². The van der Waals surface area contributed by atoms with Crippen LogP contribution in [0.2, 0.25) is 5.15 Å². The van der Waals surface area contributed by atoms with Crippen LogP contribution in [0.4, 0.5) is 10.6 Å². The highest BCUT2D eigenvalue weighted by molar-refractivity contribution is 6.32. The van der Waals surface area contributed by atoms with Crippen molar-refractivity contribution in [3.63, 3.8) is 0 Å². The number of aromatic nitrogens is 2. The van der Waals surface area contributed by atoms with Crippen molar-refractivity contribution in [3.8, 4) is 0 Å². The van der Waals surface area contributed by atoms with E-state index >= 15 is 0 Å². The maximum Gasteiger partial charge on any atom is 0.407 e. The number of nitrogens with zero attached hydrogens (tertiary/aromatic N) is 2. The fourth-order valence-corrected chi connectivity index (χ4v) is 4.53. The van der Waals surface area contributed by atoms with Crippen LogP contribution in [0, 0.1) is 0 Å². The highest BCUT2D eigenvalue weighted by atomic mass is 35.5. The molecule has 0 atom stereocenters. The Morgan fingerprint density at radius 2 is 1.86 bits per heavy atom. The van der Waals surface area contributed by atoms with Gasteiger partial charge in [0.15, 0.2) is 6.29 Å². The highest BCUT2D eigenvalue weighted by Crippen LogP contribution is 2.52. The molecule has 8 heteroatoms. The topological polar surface area (TPSA) is 93.2 Å². The number of alkyl carbamates (subject to hydrolysis) is 1. The number of rotatable bonds is 6. The Bertz CT molecular complexity index is 882. The molecule has 2 aromatic rings. The van der Waals surface area contributed by atoms with Gasteiger partial charge in [-0.25, -0.2) is 14.8 Å². The fraction of sp³-hybridized carbons (Fsp3) is 0.400. The van der Waals surface area contributed by atoms with Gasteiger partial charge in [-0.15, -0.1) is 0 Å². The van der Waals surface area contributed by atoms with Crippen molar-refractivity contribution in [2.75, 3.05) is 5.32 Å². The van der Waals surface area contributed by atoms with Crippen LogP contribution in [-0.4, -0.2) is 33.4 Å². The molecular weight excluding hydrogens is 380 g/mol. The first-order valence-corrected chi connectivity index (χ1v) is 9.64. The number of hydrogen-bond acceptors (Lipinski definition) is 6. The van der Waals surface area contributed by atoms with Gasteiger partial charge in [-0.1, -0.05) is 41.9 Å². The molecule has 4 rings (SSSR count). The Balaban J connectivity index is 1.39. The molecule has 2 N–H and O–H groups in total. The number of hydrogen-bond donors (Lipinski definition) is 2. The number of halogens is 1. The molecular formula is C20H21ClN4O3. The molecule has 1 aromatic carbocycles. The lowest BCUT2D eigenvalue weighted by molar-refractivity contribution is 0.112. The molecule has 0 saturated heterocycles. The number of carbonyl (C=O) groups excluding carboxylic acids is 2. The number of anilines is 1. The molecule has 2 aliphatic carbocycles. The summed E-state index contributed by atoms with van der Waals surface area (Å²) in [6, 6.07) is 9.59. The predicted molar refractivity (Wildman–Crippen MR) is 104 cm³/mol. The number of aldehydes is 1. The number of amides is 1. The van der Waals surface area contributed by atoms with Crippen molar-refractivity contribution < 1.29 is 14.3 Å². The zero-order chi connectivity index (χ0) is 19.6. The van der Waals surface area contributed by atoms with E-state index in [1.54, 1.807) is 0 Å². The molecule has 2 bridgehead atoms. The largest absolute Gasteiger partial charge is 0.445 e. The SMILES string of the molecule is O=Cc1c(Cl)ncnc1NC12CCC(NC(=O)OCc3ccccc3)(CC1)C2. The van der Waals surface area contributed by atoms with Crippen LogP contribution in [-0.2, 0) is 11.3 Å². The van der Waals surface area contributed by atoms with Crippen LogP contribution < -0.4 is 10.6 Å². The van der Waals surface area contributed by atoms with Crippen molar-refractivity contribution in [2.24, 2.45) is 0 Å². The molecule has 2 aliphatic rings. The number of benzene rings is 1. The Labute approximate surface area is 167 Å². The lowest BCUT2D eigenvalue weighted by Crippen LogP contribution is -2.45. The van der Waals surface area contributed by atoms with E-state index in [0.717, 1.165) is 37.7 Å². The minimum Gasteiger partial charge on any atom is -0.445 e. The number of fused-ring (bicyclic) bond motifs is 2. The third kappa shape index (κ3) is 3.67. The van der Waals surface area contributed by atoms with Crippen molar-refractivity contribution in [1.29, 1.82) is 0 Å². The van der Waals surface area contributed by atoms with E-state index in [-0.39, 0.29) is 28.4 Å².